The lowest BCUT2D eigenvalue weighted by atomic mass is 10.1. The van der Waals surface area contributed by atoms with E-state index in [1.165, 1.54) is 77.0 Å². The number of aryl methyl sites for hydroxylation is 1. The number of hydrogen-bond acceptors (Lipinski definition) is 3. The molecule has 0 aliphatic heterocycles. The first-order chi connectivity index (χ1) is 13.3. The van der Waals surface area contributed by atoms with E-state index in [-0.39, 0.29) is 0 Å². The Morgan fingerprint density at radius 2 is 1.52 bits per heavy atom. The first-order valence-electron chi connectivity index (χ1n) is 9.76. The van der Waals surface area contributed by atoms with Gasteiger partial charge in [0, 0.05) is 29.9 Å². The quantitative estimate of drug-likeness (QED) is 0.247. The molecule has 5 aromatic rings. The Morgan fingerprint density at radius 1 is 0.704 bits per heavy atom. The smallest absolute Gasteiger partial charge is 0.0542 e. The summed E-state index contributed by atoms with van der Waals surface area (Å²) in [7, 11) is 0. The van der Waals surface area contributed by atoms with Gasteiger partial charge in [-0.05, 0) is 42.7 Å². The number of unbranched alkanes of at least 4 members (excludes halogenated alkanes) is 3. The molecule has 136 valence electrons. The molecule has 3 aromatic heterocycles. The summed E-state index contributed by atoms with van der Waals surface area (Å²) < 4.78 is 5.71. The average Bonchev–Trinajstić information content (AvgIpc) is 3.38. The highest BCUT2D eigenvalue weighted by Crippen LogP contribution is 2.45. The Kier molecular flexibility index (Phi) is 4.76. The van der Waals surface area contributed by atoms with Crippen LogP contribution in [-0.4, -0.2) is 0 Å². The molecule has 5 rings (SSSR count). The van der Waals surface area contributed by atoms with E-state index in [9.17, 15) is 0 Å². The lowest BCUT2D eigenvalue weighted by Gasteiger charge is -1.99. The first kappa shape index (κ1) is 17.4. The molecule has 0 saturated carbocycles. The van der Waals surface area contributed by atoms with Gasteiger partial charge in [-0.2, -0.15) is 0 Å². The highest BCUT2D eigenvalue weighted by Gasteiger charge is 2.13. The van der Waals surface area contributed by atoms with Crippen LogP contribution in [0.15, 0.2) is 54.6 Å². The van der Waals surface area contributed by atoms with Crippen molar-refractivity contribution < 1.29 is 0 Å². The van der Waals surface area contributed by atoms with Crippen LogP contribution in [0, 0.1) is 0 Å². The van der Waals surface area contributed by atoms with Crippen molar-refractivity contribution in [3.63, 3.8) is 0 Å². The minimum atomic E-state index is 1.23. The van der Waals surface area contributed by atoms with E-state index < -0.39 is 0 Å². The normalized spacial score (nSPS) is 11.9. The Bertz CT molecular complexity index is 1220. The molecule has 0 atom stereocenters. The molecule has 0 bridgehead atoms. The summed E-state index contributed by atoms with van der Waals surface area (Å²) in [5.41, 5.74) is 1.37. The van der Waals surface area contributed by atoms with Gasteiger partial charge in [-0.1, -0.05) is 56.5 Å². The van der Waals surface area contributed by atoms with E-state index >= 15 is 0 Å². The van der Waals surface area contributed by atoms with Gasteiger partial charge in [-0.25, -0.2) is 0 Å². The molecule has 0 aliphatic rings. The molecule has 0 radical (unpaired) electrons. The maximum atomic E-state index is 2.40. The number of benzene rings is 2. The van der Waals surface area contributed by atoms with Crippen molar-refractivity contribution in [3.8, 4) is 10.4 Å². The molecule has 0 unspecified atom stereocenters. The van der Waals surface area contributed by atoms with E-state index in [0.717, 1.165) is 0 Å². The second kappa shape index (κ2) is 7.38. The van der Waals surface area contributed by atoms with Crippen molar-refractivity contribution >= 4 is 63.6 Å². The van der Waals surface area contributed by atoms with Crippen molar-refractivity contribution in [2.75, 3.05) is 0 Å². The zero-order valence-electron chi connectivity index (χ0n) is 15.5. The predicted molar refractivity (Wildman–Crippen MR) is 126 cm³/mol. The van der Waals surface area contributed by atoms with Crippen LogP contribution in [0.4, 0.5) is 0 Å². The Hall–Kier alpha value is -1.68. The molecule has 3 heteroatoms. The van der Waals surface area contributed by atoms with Crippen molar-refractivity contribution in [1.82, 2.24) is 0 Å². The summed E-state index contributed by atoms with van der Waals surface area (Å²) in [5, 5.41) is 2.82. The predicted octanol–water partition coefficient (Wildman–Crippen LogP) is 9.12. The SMILES string of the molecule is CCCCCCc1ccc(-c2ccc3c(c2)sc2c4ccccc4sc32)s1. The van der Waals surface area contributed by atoms with E-state index in [0.29, 0.717) is 0 Å². The third-order valence-corrected chi connectivity index (χ3v) is 8.92. The van der Waals surface area contributed by atoms with Crippen LogP contribution in [-0.2, 0) is 6.42 Å². The monoisotopic (exact) mass is 406 g/mol. The zero-order valence-corrected chi connectivity index (χ0v) is 17.9. The maximum Gasteiger partial charge on any atom is 0.0542 e. The molecule has 0 aliphatic carbocycles. The number of hydrogen-bond donors (Lipinski definition) is 0. The molecule has 0 N–H and O–H groups in total. The molecule has 0 saturated heterocycles. The van der Waals surface area contributed by atoms with Crippen LogP contribution in [0.1, 0.15) is 37.5 Å². The summed E-state index contributed by atoms with van der Waals surface area (Å²) in [6, 6.07) is 20.5. The van der Waals surface area contributed by atoms with Crippen LogP contribution in [0.5, 0.6) is 0 Å². The fraction of sp³-hybridized carbons (Fsp3) is 0.250. The van der Waals surface area contributed by atoms with E-state index in [1.807, 2.05) is 34.0 Å². The Balaban J connectivity index is 1.48. The van der Waals surface area contributed by atoms with Crippen LogP contribution < -0.4 is 0 Å². The molecule has 0 nitrogen and oxygen atoms in total. The van der Waals surface area contributed by atoms with Gasteiger partial charge in [0.2, 0.25) is 0 Å². The zero-order chi connectivity index (χ0) is 18.2. The molecule has 0 fully saturated rings. The van der Waals surface area contributed by atoms with Crippen LogP contribution >= 0.6 is 34.0 Å². The topological polar surface area (TPSA) is 0 Å². The summed E-state index contributed by atoms with van der Waals surface area (Å²) in [6.45, 7) is 2.27. The Labute approximate surface area is 172 Å². The third kappa shape index (κ3) is 3.22. The second-order valence-corrected chi connectivity index (χ2v) is 10.4. The number of thiophene rings is 3. The molecule has 2 aromatic carbocycles. The number of fused-ring (bicyclic) bond motifs is 5. The fourth-order valence-electron chi connectivity index (χ4n) is 3.75. The van der Waals surface area contributed by atoms with Gasteiger partial charge < -0.3 is 0 Å². The van der Waals surface area contributed by atoms with Crippen molar-refractivity contribution in [3.05, 3.63) is 59.5 Å². The summed E-state index contributed by atoms with van der Waals surface area (Å²) in [4.78, 5) is 2.93. The second-order valence-electron chi connectivity index (χ2n) is 7.15. The van der Waals surface area contributed by atoms with Gasteiger partial charge in [0.1, 0.15) is 0 Å². The molecular weight excluding hydrogens is 384 g/mol. The van der Waals surface area contributed by atoms with E-state index in [1.54, 1.807) is 0 Å². The molecule has 0 amide bonds. The first-order valence-corrected chi connectivity index (χ1v) is 12.2. The molecule has 27 heavy (non-hydrogen) atoms. The van der Waals surface area contributed by atoms with Gasteiger partial charge in [0.05, 0.1) is 9.40 Å². The Morgan fingerprint density at radius 3 is 2.41 bits per heavy atom. The van der Waals surface area contributed by atoms with Crippen molar-refractivity contribution in [1.29, 1.82) is 0 Å². The summed E-state index contributed by atoms with van der Waals surface area (Å²) in [5.74, 6) is 0. The van der Waals surface area contributed by atoms with Crippen LogP contribution in [0.3, 0.4) is 0 Å². The van der Waals surface area contributed by atoms with Crippen LogP contribution in [0.2, 0.25) is 0 Å². The minimum Gasteiger partial charge on any atom is -0.140 e. The third-order valence-electron chi connectivity index (χ3n) is 5.21. The lowest BCUT2D eigenvalue weighted by molar-refractivity contribution is 0.670. The van der Waals surface area contributed by atoms with E-state index in [4.69, 9.17) is 0 Å². The van der Waals surface area contributed by atoms with Gasteiger partial charge in [-0.15, -0.1) is 34.0 Å². The van der Waals surface area contributed by atoms with Crippen LogP contribution in [0.25, 0.3) is 40.0 Å². The lowest BCUT2D eigenvalue weighted by Crippen LogP contribution is -1.80. The van der Waals surface area contributed by atoms with Gasteiger partial charge in [0.15, 0.2) is 0 Å². The summed E-state index contributed by atoms with van der Waals surface area (Å²) in [6.07, 6.45) is 6.58. The number of rotatable bonds is 6. The minimum absolute atomic E-state index is 1.23. The van der Waals surface area contributed by atoms with Crippen molar-refractivity contribution in [2.24, 2.45) is 0 Å². The highest BCUT2D eigenvalue weighted by atomic mass is 32.1. The van der Waals surface area contributed by atoms with Gasteiger partial charge in [-0.3, -0.25) is 0 Å². The molecule has 3 heterocycles. The van der Waals surface area contributed by atoms with Gasteiger partial charge >= 0.3 is 0 Å². The fourth-order valence-corrected chi connectivity index (χ4v) is 7.49. The molecule has 0 spiro atoms. The van der Waals surface area contributed by atoms with E-state index in [2.05, 4.69) is 61.5 Å². The van der Waals surface area contributed by atoms with Crippen molar-refractivity contribution in [2.45, 2.75) is 39.0 Å². The average molecular weight is 407 g/mol. The standard InChI is InChI=1S/C24H22S3/c1-2-3-4-5-8-17-12-14-20(25-17)16-11-13-19-22(15-16)27-23-18-9-6-7-10-21(18)26-24(19)23/h6-7,9-15H,2-5,8H2,1H3. The van der Waals surface area contributed by atoms with Gasteiger partial charge in [0.25, 0.3) is 0 Å². The summed E-state index contributed by atoms with van der Waals surface area (Å²) >= 11 is 5.85. The molecular formula is C24H22S3. The highest BCUT2D eigenvalue weighted by molar-refractivity contribution is 7.36. The largest absolute Gasteiger partial charge is 0.140 e. The maximum absolute atomic E-state index is 2.40.